The second-order valence-corrected chi connectivity index (χ2v) is 6.58. The molecule has 0 atom stereocenters. The van der Waals surface area contributed by atoms with Crippen LogP contribution in [0.4, 0.5) is 0 Å². The molecule has 1 saturated heterocycles. The first-order valence-electron chi connectivity index (χ1n) is 7.49. The van der Waals surface area contributed by atoms with Crippen LogP contribution in [0.5, 0.6) is 0 Å². The lowest BCUT2D eigenvalue weighted by molar-refractivity contribution is -0.132. The van der Waals surface area contributed by atoms with Crippen molar-refractivity contribution in [3.05, 3.63) is 34.3 Å². The summed E-state index contributed by atoms with van der Waals surface area (Å²) in [4.78, 5) is 28.5. The second-order valence-electron chi connectivity index (χ2n) is 5.73. The monoisotopic (exact) mass is 350 g/mol. The quantitative estimate of drug-likeness (QED) is 0.822. The molecule has 21 heavy (non-hydrogen) atoms. The van der Waals surface area contributed by atoms with Crippen molar-refractivity contribution in [2.24, 2.45) is 5.92 Å². The van der Waals surface area contributed by atoms with Gasteiger partial charge in [0.1, 0.15) is 0 Å². The molecule has 1 aliphatic heterocycles. The molecule has 0 radical (unpaired) electrons. The van der Waals surface area contributed by atoms with E-state index in [0.29, 0.717) is 25.2 Å². The van der Waals surface area contributed by atoms with Crippen molar-refractivity contribution in [1.82, 2.24) is 9.80 Å². The molecule has 5 heteroatoms. The number of rotatable bonds is 2. The van der Waals surface area contributed by atoms with Gasteiger partial charge in [0.25, 0.3) is 5.91 Å². The largest absolute Gasteiger partial charge is 0.341 e. The Morgan fingerprint density at radius 3 is 2.38 bits per heavy atom. The Hall–Kier alpha value is -1.36. The number of benzene rings is 1. The average molecular weight is 351 g/mol. The maximum atomic E-state index is 12.6. The highest BCUT2D eigenvalue weighted by molar-refractivity contribution is 9.10. The van der Waals surface area contributed by atoms with Crippen LogP contribution in [0, 0.1) is 5.92 Å². The summed E-state index contributed by atoms with van der Waals surface area (Å²) in [6.45, 7) is 2.77. The zero-order chi connectivity index (χ0) is 14.8. The van der Waals surface area contributed by atoms with Gasteiger partial charge in [-0.1, -0.05) is 12.1 Å². The molecule has 1 aromatic rings. The molecule has 2 fully saturated rings. The molecule has 0 bridgehead atoms. The predicted octanol–water partition coefficient (Wildman–Crippen LogP) is 2.53. The number of hydrogen-bond donors (Lipinski definition) is 0. The third-order valence-electron chi connectivity index (χ3n) is 4.13. The van der Waals surface area contributed by atoms with Crippen LogP contribution in [-0.4, -0.2) is 47.8 Å². The molecule has 0 aromatic heterocycles. The molecular weight excluding hydrogens is 332 g/mol. The van der Waals surface area contributed by atoms with Crippen molar-refractivity contribution in [3.63, 3.8) is 0 Å². The van der Waals surface area contributed by atoms with E-state index in [1.165, 1.54) is 0 Å². The molecule has 3 rings (SSSR count). The van der Waals surface area contributed by atoms with E-state index in [2.05, 4.69) is 15.9 Å². The minimum atomic E-state index is 0.0446. The fourth-order valence-corrected chi connectivity index (χ4v) is 3.19. The fourth-order valence-electron chi connectivity index (χ4n) is 2.73. The fraction of sp³-hybridized carbons (Fsp3) is 0.500. The summed E-state index contributed by atoms with van der Waals surface area (Å²) in [5.74, 6) is 0.587. The molecule has 1 aliphatic carbocycles. The van der Waals surface area contributed by atoms with Crippen molar-refractivity contribution >= 4 is 27.7 Å². The number of hydrogen-bond acceptors (Lipinski definition) is 2. The van der Waals surface area contributed by atoms with E-state index < -0.39 is 0 Å². The van der Waals surface area contributed by atoms with E-state index in [-0.39, 0.29) is 17.7 Å². The number of carbonyl (C=O) groups is 2. The first kappa shape index (κ1) is 14.6. The highest BCUT2D eigenvalue weighted by atomic mass is 79.9. The van der Waals surface area contributed by atoms with E-state index in [0.717, 1.165) is 30.3 Å². The van der Waals surface area contributed by atoms with Crippen molar-refractivity contribution in [2.75, 3.05) is 26.2 Å². The van der Waals surface area contributed by atoms with E-state index in [1.54, 1.807) is 0 Å². The Bertz CT molecular complexity index is 557. The van der Waals surface area contributed by atoms with Gasteiger partial charge in [0.05, 0.1) is 5.56 Å². The lowest BCUT2D eigenvalue weighted by atomic mass is 10.2. The van der Waals surface area contributed by atoms with E-state index in [4.69, 9.17) is 0 Å². The van der Waals surface area contributed by atoms with Crippen molar-refractivity contribution in [1.29, 1.82) is 0 Å². The van der Waals surface area contributed by atoms with E-state index in [9.17, 15) is 9.59 Å². The summed E-state index contributed by atoms with van der Waals surface area (Å²) in [6.07, 6.45) is 2.93. The minimum absolute atomic E-state index is 0.0446. The van der Waals surface area contributed by atoms with Gasteiger partial charge in [-0.2, -0.15) is 0 Å². The number of amides is 2. The lowest BCUT2D eigenvalue weighted by Gasteiger charge is -2.22. The molecule has 4 nitrogen and oxygen atoms in total. The Morgan fingerprint density at radius 1 is 1.00 bits per heavy atom. The average Bonchev–Trinajstić information content (AvgIpc) is 3.33. The Balaban J connectivity index is 1.66. The van der Waals surface area contributed by atoms with Crippen LogP contribution in [0.3, 0.4) is 0 Å². The summed E-state index contributed by atoms with van der Waals surface area (Å²) in [5, 5.41) is 0. The van der Waals surface area contributed by atoms with Crippen LogP contribution in [0.1, 0.15) is 29.6 Å². The summed E-state index contributed by atoms with van der Waals surface area (Å²) in [5.41, 5.74) is 0.694. The van der Waals surface area contributed by atoms with Crippen molar-refractivity contribution in [3.8, 4) is 0 Å². The SMILES string of the molecule is O=C(c1ccccc1Br)N1CCCN(C(=O)C2CC2)CC1. The first-order valence-corrected chi connectivity index (χ1v) is 8.28. The van der Waals surface area contributed by atoms with Crippen molar-refractivity contribution < 1.29 is 9.59 Å². The lowest BCUT2D eigenvalue weighted by Crippen LogP contribution is -2.38. The van der Waals surface area contributed by atoms with Crippen LogP contribution < -0.4 is 0 Å². The van der Waals surface area contributed by atoms with Gasteiger partial charge in [0.15, 0.2) is 0 Å². The van der Waals surface area contributed by atoms with Gasteiger partial charge >= 0.3 is 0 Å². The van der Waals surface area contributed by atoms with Crippen LogP contribution >= 0.6 is 15.9 Å². The molecule has 1 saturated carbocycles. The zero-order valence-corrected chi connectivity index (χ0v) is 13.5. The predicted molar refractivity (Wildman–Crippen MR) is 84.0 cm³/mol. The summed E-state index contributed by atoms with van der Waals surface area (Å²) >= 11 is 3.43. The highest BCUT2D eigenvalue weighted by Crippen LogP contribution is 2.31. The molecule has 1 heterocycles. The Labute approximate surface area is 133 Å². The molecule has 1 aromatic carbocycles. The van der Waals surface area contributed by atoms with E-state index >= 15 is 0 Å². The smallest absolute Gasteiger partial charge is 0.255 e. The summed E-state index contributed by atoms with van der Waals surface area (Å²) in [7, 11) is 0. The number of halogens is 1. The van der Waals surface area contributed by atoms with Gasteiger partial charge in [-0.25, -0.2) is 0 Å². The van der Waals surface area contributed by atoms with Gasteiger partial charge in [-0.05, 0) is 47.3 Å². The van der Waals surface area contributed by atoms with Gasteiger partial charge < -0.3 is 9.80 Å². The maximum absolute atomic E-state index is 12.6. The molecule has 0 spiro atoms. The van der Waals surface area contributed by atoms with Gasteiger partial charge in [-0.3, -0.25) is 9.59 Å². The third-order valence-corrected chi connectivity index (χ3v) is 4.82. The maximum Gasteiger partial charge on any atom is 0.255 e. The van der Waals surface area contributed by atoms with Crippen LogP contribution in [-0.2, 0) is 4.79 Å². The Kier molecular flexibility index (Phi) is 4.29. The molecule has 0 unspecified atom stereocenters. The highest BCUT2D eigenvalue weighted by Gasteiger charge is 2.34. The van der Waals surface area contributed by atoms with Crippen LogP contribution in [0.15, 0.2) is 28.7 Å². The van der Waals surface area contributed by atoms with E-state index in [1.807, 2.05) is 34.1 Å². The van der Waals surface area contributed by atoms with Gasteiger partial charge in [0.2, 0.25) is 5.91 Å². The summed E-state index contributed by atoms with van der Waals surface area (Å²) in [6, 6.07) is 7.50. The standard InChI is InChI=1S/C16H19BrN2O2/c17-14-5-2-1-4-13(14)16(21)19-9-3-8-18(10-11-19)15(20)12-6-7-12/h1-2,4-5,12H,3,6-11H2. The number of carbonyl (C=O) groups excluding carboxylic acids is 2. The third kappa shape index (κ3) is 3.28. The van der Waals surface area contributed by atoms with Crippen molar-refractivity contribution in [2.45, 2.75) is 19.3 Å². The molecule has 2 aliphatic rings. The first-order chi connectivity index (χ1) is 10.2. The normalized spacial score (nSPS) is 19.3. The zero-order valence-electron chi connectivity index (χ0n) is 11.9. The molecular formula is C16H19BrN2O2. The van der Waals surface area contributed by atoms with Gasteiger partial charge in [-0.15, -0.1) is 0 Å². The number of nitrogens with zero attached hydrogens (tertiary/aromatic N) is 2. The molecule has 112 valence electrons. The van der Waals surface area contributed by atoms with Crippen LogP contribution in [0.2, 0.25) is 0 Å². The summed E-state index contributed by atoms with van der Waals surface area (Å²) < 4.78 is 0.824. The second kappa shape index (κ2) is 6.18. The van der Waals surface area contributed by atoms with Crippen LogP contribution in [0.25, 0.3) is 0 Å². The van der Waals surface area contributed by atoms with Gasteiger partial charge in [0, 0.05) is 36.6 Å². The molecule has 0 N–H and O–H groups in total. The minimum Gasteiger partial charge on any atom is -0.341 e. The topological polar surface area (TPSA) is 40.6 Å². The Morgan fingerprint density at radius 2 is 1.67 bits per heavy atom. The molecule has 2 amide bonds.